The maximum absolute atomic E-state index is 13.2. The molecule has 2 aliphatic heterocycles. The molecule has 1 fully saturated rings. The number of aromatic nitrogens is 1. The van der Waals surface area contributed by atoms with Crippen molar-refractivity contribution >= 4 is 17.5 Å². The maximum Gasteiger partial charge on any atom is 0.263 e. The van der Waals surface area contributed by atoms with Crippen molar-refractivity contribution in [2.45, 2.75) is 32.5 Å². The Morgan fingerprint density at radius 2 is 1.84 bits per heavy atom. The van der Waals surface area contributed by atoms with Gasteiger partial charge in [0.25, 0.3) is 11.8 Å². The highest BCUT2D eigenvalue weighted by Crippen LogP contribution is 2.34. The third-order valence-electron chi connectivity index (χ3n) is 5.67. The van der Waals surface area contributed by atoms with E-state index in [1.165, 1.54) is 12.1 Å². The summed E-state index contributed by atoms with van der Waals surface area (Å²) in [4.78, 5) is 31.9. The molecule has 9 nitrogen and oxygen atoms in total. The summed E-state index contributed by atoms with van der Waals surface area (Å²) in [6.45, 7) is 4.03. The number of rotatable bonds is 5. The van der Waals surface area contributed by atoms with Crippen LogP contribution in [0.1, 0.15) is 17.0 Å². The van der Waals surface area contributed by atoms with E-state index >= 15 is 0 Å². The number of anilines is 1. The molecule has 162 valence electrons. The molecule has 2 aliphatic rings. The average Bonchev–Trinajstić information content (AvgIpc) is 3.44. The van der Waals surface area contributed by atoms with Crippen LogP contribution in [0.15, 0.2) is 63.3 Å². The van der Waals surface area contributed by atoms with Crippen LogP contribution in [-0.4, -0.2) is 41.0 Å². The molecule has 1 aromatic heterocycles. The van der Waals surface area contributed by atoms with Crippen molar-refractivity contribution in [1.82, 2.24) is 9.99 Å². The summed E-state index contributed by atoms with van der Waals surface area (Å²) >= 11 is 0. The first-order valence-corrected chi connectivity index (χ1v) is 10.2. The summed E-state index contributed by atoms with van der Waals surface area (Å²) in [5.41, 5.74) is 3.09. The number of hydrogen-bond acceptors (Lipinski definition) is 8. The van der Waals surface area contributed by atoms with E-state index in [2.05, 4.69) is 15.3 Å². The topological polar surface area (TPSA) is 101 Å². The zero-order valence-corrected chi connectivity index (χ0v) is 17.8. The number of methoxy groups -OCH3 is 1. The van der Waals surface area contributed by atoms with Gasteiger partial charge in [0.2, 0.25) is 5.89 Å². The summed E-state index contributed by atoms with van der Waals surface area (Å²) < 4.78 is 11.1. The zero-order chi connectivity index (χ0) is 22.4. The fourth-order valence-electron chi connectivity index (χ4n) is 3.91. The van der Waals surface area contributed by atoms with E-state index in [1.54, 1.807) is 24.3 Å². The van der Waals surface area contributed by atoms with Gasteiger partial charge in [-0.25, -0.2) is 9.88 Å². The molecule has 0 spiro atoms. The molecule has 0 radical (unpaired) electrons. The fourth-order valence-corrected chi connectivity index (χ4v) is 3.91. The number of nitrogens with zero attached hydrogens (tertiary/aromatic N) is 5. The number of ether oxygens (including phenoxy) is 1. The molecule has 2 amide bonds. The predicted octanol–water partition coefficient (Wildman–Crippen LogP) is 3.46. The Labute approximate surface area is 184 Å². The number of benzene rings is 2. The molecule has 0 N–H and O–H groups in total. The SMILES string of the molecule is COc1cccc(N2C(=O)[C@H]3N=NN(Cc4nc(-c5ccc(C)cc5)oc4C)[C@@H]3C2=O)c1. The van der Waals surface area contributed by atoms with Gasteiger partial charge in [-0.2, -0.15) is 5.11 Å². The van der Waals surface area contributed by atoms with E-state index in [9.17, 15) is 9.59 Å². The van der Waals surface area contributed by atoms with Crippen LogP contribution in [0.3, 0.4) is 0 Å². The van der Waals surface area contributed by atoms with Crippen molar-refractivity contribution in [3.8, 4) is 17.2 Å². The van der Waals surface area contributed by atoms with Gasteiger partial charge in [-0.3, -0.25) is 14.6 Å². The van der Waals surface area contributed by atoms with E-state index < -0.39 is 18.0 Å². The molecule has 0 bridgehead atoms. The summed E-state index contributed by atoms with van der Waals surface area (Å²) in [5, 5.41) is 9.68. The number of oxazole rings is 1. The zero-order valence-electron chi connectivity index (χ0n) is 17.8. The molecule has 3 heterocycles. The minimum atomic E-state index is -0.877. The molecule has 5 rings (SSSR count). The van der Waals surface area contributed by atoms with Crippen LogP contribution in [0.5, 0.6) is 5.75 Å². The van der Waals surface area contributed by atoms with E-state index in [0.29, 0.717) is 28.8 Å². The molecule has 32 heavy (non-hydrogen) atoms. The summed E-state index contributed by atoms with van der Waals surface area (Å²) in [7, 11) is 1.53. The van der Waals surface area contributed by atoms with E-state index in [1.807, 2.05) is 38.1 Å². The second-order valence-electron chi connectivity index (χ2n) is 7.79. The van der Waals surface area contributed by atoms with E-state index in [-0.39, 0.29) is 12.5 Å². The first-order valence-electron chi connectivity index (χ1n) is 10.2. The van der Waals surface area contributed by atoms with Crippen LogP contribution in [0.4, 0.5) is 5.69 Å². The lowest BCUT2D eigenvalue weighted by Gasteiger charge is -2.20. The smallest absolute Gasteiger partial charge is 0.263 e. The number of carbonyl (C=O) groups is 2. The lowest BCUT2D eigenvalue weighted by Crippen LogP contribution is -2.39. The van der Waals surface area contributed by atoms with Crippen molar-refractivity contribution in [2.24, 2.45) is 10.3 Å². The number of fused-ring (bicyclic) bond motifs is 1. The Morgan fingerprint density at radius 3 is 2.59 bits per heavy atom. The van der Waals surface area contributed by atoms with Gasteiger partial charge in [0.15, 0.2) is 12.1 Å². The van der Waals surface area contributed by atoms with Crippen LogP contribution in [0, 0.1) is 13.8 Å². The van der Waals surface area contributed by atoms with E-state index in [4.69, 9.17) is 9.15 Å². The van der Waals surface area contributed by atoms with Crippen molar-refractivity contribution in [2.75, 3.05) is 12.0 Å². The Hall–Kier alpha value is -4.01. The van der Waals surface area contributed by atoms with Crippen molar-refractivity contribution in [3.05, 3.63) is 65.5 Å². The van der Waals surface area contributed by atoms with Crippen LogP contribution >= 0.6 is 0 Å². The first kappa shape index (κ1) is 19.9. The highest BCUT2D eigenvalue weighted by atomic mass is 16.5. The third-order valence-corrected chi connectivity index (χ3v) is 5.67. The second kappa shape index (κ2) is 7.60. The number of hydrogen-bond donors (Lipinski definition) is 0. The standard InChI is InChI=1S/C23H21N5O4/c1-13-7-9-15(10-8-13)21-24-18(14(2)32-21)12-27-20-19(25-26-27)22(29)28(23(20)30)16-5-4-6-17(11-16)31-3/h4-11,19-20H,12H2,1-3H3/t19-,20-/m0/s1. The minimum absolute atomic E-state index is 0.205. The summed E-state index contributed by atoms with van der Waals surface area (Å²) in [6, 6.07) is 13.0. The molecular formula is C23H21N5O4. The van der Waals surface area contributed by atoms with Crippen LogP contribution in [0.25, 0.3) is 11.5 Å². The largest absolute Gasteiger partial charge is 0.497 e. The highest BCUT2D eigenvalue weighted by molar-refractivity contribution is 6.25. The van der Waals surface area contributed by atoms with Crippen molar-refractivity contribution < 1.29 is 18.7 Å². The van der Waals surface area contributed by atoms with Crippen LogP contribution in [-0.2, 0) is 16.1 Å². The Bertz CT molecular complexity index is 1230. The Balaban J connectivity index is 1.39. The maximum atomic E-state index is 13.2. The van der Waals surface area contributed by atoms with Crippen molar-refractivity contribution in [1.29, 1.82) is 0 Å². The van der Waals surface area contributed by atoms with Gasteiger partial charge in [-0.05, 0) is 38.1 Å². The van der Waals surface area contributed by atoms with Crippen molar-refractivity contribution in [3.63, 3.8) is 0 Å². The minimum Gasteiger partial charge on any atom is -0.497 e. The number of carbonyl (C=O) groups excluding carboxylic acids is 2. The Kier molecular flexibility index (Phi) is 4.73. The normalized spacial score (nSPS) is 19.7. The van der Waals surface area contributed by atoms with Gasteiger partial charge < -0.3 is 9.15 Å². The summed E-state index contributed by atoms with van der Waals surface area (Å²) in [6.07, 6.45) is 0. The number of amides is 2. The molecule has 0 unspecified atom stereocenters. The van der Waals surface area contributed by atoms with Gasteiger partial charge in [0.05, 0.1) is 19.3 Å². The third kappa shape index (κ3) is 3.22. The molecule has 0 aliphatic carbocycles. The monoisotopic (exact) mass is 431 g/mol. The lowest BCUT2D eigenvalue weighted by molar-refractivity contribution is -0.123. The summed E-state index contributed by atoms with van der Waals surface area (Å²) in [5.74, 6) is 0.896. The van der Waals surface area contributed by atoms with E-state index in [0.717, 1.165) is 16.0 Å². The number of aryl methyl sites for hydroxylation is 2. The fraction of sp³-hybridized carbons (Fsp3) is 0.261. The molecule has 2 aromatic carbocycles. The Morgan fingerprint density at radius 1 is 1.06 bits per heavy atom. The first-order chi connectivity index (χ1) is 15.5. The molecule has 0 saturated carbocycles. The number of imide groups is 1. The van der Waals surface area contributed by atoms with Crippen LogP contribution in [0.2, 0.25) is 0 Å². The van der Waals surface area contributed by atoms with Gasteiger partial charge in [0, 0.05) is 11.6 Å². The average molecular weight is 431 g/mol. The van der Waals surface area contributed by atoms with Gasteiger partial charge in [-0.15, -0.1) is 0 Å². The molecule has 9 heteroatoms. The highest BCUT2D eigenvalue weighted by Gasteiger charge is 2.55. The second-order valence-corrected chi connectivity index (χ2v) is 7.79. The lowest BCUT2D eigenvalue weighted by atomic mass is 10.1. The molecule has 1 saturated heterocycles. The van der Waals surface area contributed by atoms with Gasteiger partial charge in [0.1, 0.15) is 17.2 Å². The van der Waals surface area contributed by atoms with Gasteiger partial charge >= 0.3 is 0 Å². The quantitative estimate of drug-likeness (QED) is 0.574. The van der Waals surface area contributed by atoms with Gasteiger partial charge in [-0.1, -0.05) is 29.0 Å². The predicted molar refractivity (Wildman–Crippen MR) is 115 cm³/mol. The van der Waals surface area contributed by atoms with Crippen LogP contribution < -0.4 is 9.64 Å². The molecular weight excluding hydrogens is 410 g/mol. The molecule has 3 aromatic rings. The molecule has 2 atom stereocenters.